The number of hydrogen-bond acceptors (Lipinski definition) is 2. The minimum absolute atomic E-state index is 0.190. The van der Waals surface area contributed by atoms with Crippen molar-refractivity contribution in [2.24, 2.45) is 0 Å². The SMILES string of the molecule is Cc1ccc(OC2CCOC2)c(CCl)c1. The van der Waals surface area contributed by atoms with E-state index in [4.69, 9.17) is 21.1 Å². The van der Waals surface area contributed by atoms with E-state index in [9.17, 15) is 0 Å². The smallest absolute Gasteiger partial charge is 0.124 e. The molecule has 82 valence electrons. The van der Waals surface area contributed by atoms with Crippen molar-refractivity contribution >= 4 is 11.6 Å². The fourth-order valence-corrected chi connectivity index (χ4v) is 1.92. The van der Waals surface area contributed by atoms with Gasteiger partial charge >= 0.3 is 0 Å². The van der Waals surface area contributed by atoms with E-state index in [1.54, 1.807) is 0 Å². The molecule has 1 saturated heterocycles. The lowest BCUT2D eigenvalue weighted by atomic mass is 10.1. The van der Waals surface area contributed by atoms with Crippen LogP contribution in [0.4, 0.5) is 0 Å². The summed E-state index contributed by atoms with van der Waals surface area (Å²) in [5.74, 6) is 1.39. The third-order valence-electron chi connectivity index (χ3n) is 2.54. The molecule has 1 fully saturated rings. The van der Waals surface area contributed by atoms with Gasteiger partial charge in [-0.25, -0.2) is 0 Å². The van der Waals surface area contributed by atoms with Gasteiger partial charge in [-0.3, -0.25) is 0 Å². The molecule has 1 atom stereocenters. The van der Waals surface area contributed by atoms with Crippen LogP contribution in [0.1, 0.15) is 17.5 Å². The van der Waals surface area contributed by atoms with Crippen molar-refractivity contribution in [2.45, 2.75) is 25.3 Å². The van der Waals surface area contributed by atoms with Gasteiger partial charge in [-0.05, 0) is 13.0 Å². The fraction of sp³-hybridized carbons (Fsp3) is 0.500. The predicted molar refractivity (Wildman–Crippen MR) is 60.6 cm³/mol. The van der Waals surface area contributed by atoms with Gasteiger partial charge in [0.2, 0.25) is 0 Å². The van der Waals surface area contributed by atoms with Crippen molar-refractivity contribution in [2.75, 3.05) is 13.2 Å². The molecule has 1 aliphatic rings. The van der Waals surface area contributed by atoms with Crippen molar-refractivity contribution in [1.29, 1.82) is 0 Å². The van der Waals surface area contributed by atoms with Crippen LogP contribution in [0.3, 0.4) is 0 Å². The van der Waals surface area contributed by atoms with Gasteiger partial charge in [0.05, 0.1) is 19.1 Å². The Morgan fingerprint density at radius 3 is 3.07 bits per heavy atom. The zero-order chi connectivity index (χ0) is 10.7. The maximum Gasteiger partial charge on any atom is 0.124 e. The normalized spacial score (nSPS) is 20.5. The van der Waals surface area contributed by atoms with Crippen LogP contribution in [-0.2, 0) is 10.6 Å². The first-order valence-corrected chi connectivity index (χ1v) is 5.73. The molecule has 0 spiro atoms. The number of aryl methyl sites for hydroxylation is 1. The molecule has 1 unspecified atom stereocenters. The second-order valence-corrected chi connectivity index (χ2v) is 4.12. The van der Waals surface area contributed by atoms with Crippen molar-refractivity contribution in [3.05, 3.63) is 29.3 Å². The summed E-state index contributed by atoms with van der Waals surface area (Å²) < 4.78 is 11.1. The Hall–Kier alpha value is -0.730. The Balaban J connectivity index is 2.12. The molecule has 0 saturated carbocycles. The van der Waals surface area contributed by atoms with Gasteiger partial charge in [0.15, 0.2) is 0 Å². The van der Waals surface area contributed by atoms with Gasteiger partial charge in [0.25, 0.3) is 0 Å². The van der Waals surface area contributed by atoms with E-state index in [0.717, 1.165) is 24.3 Å². The summed E-state index contributed by atoms with van der Waals surface area (Å²) in [6.07, 6.45) is 1.16. The molecule has 2 rings (SSSR count). The van der Waals surface area contributed by atoms with Crippen LogP contribution in [0.5, 0.6) is 5.75 Å². The van der Waals surface area contributed by atoms with E-state index in [0.29, 0.717) is 12.5 Å². The third kappa shape index (κ3) is 2.64. The van der Waals surface area contributed by atoms with Crippen molar-refractivity contribution < 1.29 is 9.47 Å². The summed E-state index contributed by atoms with van der Waals surface area (Å²) in [5, 5.41) is 0. The number of halogens is 1. The second kappa shape index (κ2) is 4.86. The lowest BCUT2D eigenvalue weighted by Gasteiger charge is -2.15. The van der Waals surface area contributed by atoms with Crippen LogP contribution in [0.25, 0.3) is 0 Å². The molecule has 0 radical (unpaired) electrons. The Bertz CT molecular complexity index is 332. The maximum atomic E-state index is 5.88. The largest absolute Gasteiger partial charge is 0.488 e. The zero-order valence-electron chi connectivity index (χ0n) is 8.83. The third-order valence-corrected chi connectivity index (χ3v) is 2.83. The average Bonchev–Trinajstić information content (AvgIpc) is 2.73. The lowest BCUT2D eigenvalue weighted by molar-refractivity contribution is 0.141. The van der Waals surface area contributed by atoms with Gasteiger partial charge in [-0.1, -0.05) is 17.7 Å². The van der Waals surface area contributed by atoms with Gasteiger partial charge < -0.3 is 9.47 Å². The highest BCUT2D eigenvalue weighted by molar-refractivity contribution is 6.17. The van der Waals surface area contributed by atoms with Crippen LogP contribution in [0, 0.1) is 6.92 Å². The standard InChI is InChI=1S/C12H15ClO2/c1-9-2-3-12(10(6-9)7-13)15-11-4-5-14-8-11/h2-3,6,11H,4-5,7-8H2,1H3. The van der Waals surface area contributed by atoms with E-state index < -0.39 is 0 Å². The summed E-state index contributed by atoms with van der Waals surface area (Å²) in [4.78, 5) is 0. The molecular formula is C12H15ClO2. The van der Waals surface area contributed by atoms with Crippen molar-refractivity contribution in [3.8, 4) is 5.75 Å². The van der Waals surface area contributed by atoms with Crippen molar-refractivity contribution in [3.63, 3.8) is 0 Å². The Morgan fingerprint density at radius 2 is 2.40 bits per heavy atom. The summed E-state index contributed by atoms with van der Waals surface area (Å²) >= 11 is 5.88. The molecule has 0 bridgehead atoms. The van der Waals surface area contributed by atoms with Crippen molar-refractivity contribution in [1.82, 2.24) is 0 Å². The van der Waals surface area contributed by atoms with E-state index in [2.05, 4.69) is 13.0 Å². The first-order valence-electron chi connectivity index (χ1n) is 5.19. The first-order chi connectivity index (χ1) is 7.29. The number of hydrogen-bond donors (Lipinski definition) is 0. The monoisotopic (exact) mass is 226 g/mol. The van der Waals surface area contributed by atoms with Gasteiger partial charge in [0, 0.05) is 12.0 Å². The molecule has 1 aromatic rings. The van der Waals surface area contributed by atoms with E-state index in [-0.39, 0.29) is 6.10 Å². The van der Waals surface area contributed by atoms with Crippen LogP contribution in [-0.4, -0.2) is 19.3 Å². The fourth-order valence-electron chi connectivity index (χ4n) is 1.71. The Labute approximate surface area is 95.1 Å². The molecule has 0 aromatic heterocycles. The number of rotatable bonds is 3. The summed E-state index contributed by atoms with van der Waals surface area (Å²) in [5.41, 5.74) is 2.27. The highest BCUT2D eigenvalue weighted by Crippen LogP contribution is 2.24. The minimum Gasteiger partial charge on any atom is -0.488 e. The lowest BCUT2D eigenvalue weighted by Crippen LogP contribution is -2.16. The molecule has 1 aromatic carbocycles. The van der Waals surface area contributed by atoms with Gasteiger partial charge in [-0.2, -0.15) is 0 Å². The predicted octanol–water partition coefficient (Wildman–Crippen LogP) is 2.90. The molecule has 1 heterocycles. The number of ether oxygens (including phenoxy) is 2. The van der Waals surface area contributed by atoms with Crippen LogP contribution in [0.15, 0.2) is 18.2 Å². The molecule has 2 nitrogen and oxygen atoms in total. The highest BCUT2D eigenvalue weighted by Gasteiger charge is 2.18. The average molecular weight is 227 g/mol. The number of benzene rings is 1. The molecular weight excluding hydrogens is 212 g/mol. The molecule has 0 aliphatic carbocycles. The van der Waals surface area contributed by atoms with Gasteiger partial charge in [-0.15, -0.1) is 11.6 Å². The Morgan fingerprint density at radius 1 is 1.53 bits per heavy atom. The minimum atomic E-state index is 0.190. The van der Waals surface area contributed by atoms with Crippen LogP contribution < -0.4 is 4.74 Å². The highest BCUT2D eigenvalue weighted by atomic mass is 35.5. The second-order valence-electron chi connectivity index (χ2n) is 3.85. The number of alkyl halides is 1. The quantitative estimate of drug-likeness (QED) is 0.738. The van der Waals surface area contributed by atoms with E-state index in [1.165, 1.54) is 5.56 Å². The summed E-state index contributed by atoms with van der Waals surface area (Å²) in [6.45, 7) is 3.54. The molecule has 0 N–H and O–H groups in total. The summed E-state index contributed by atoms with van der Waals surface area (Å²) in [7, 11) is 0. The Kier molecular flexibility index (Phi) is 3.49. The zero-order valence-corrected chi connectivity index (χ0v) is 9.59. The molecule has 3 heteroatoms. The van der Waals surface area contributed by atoms with Crippen LogP contribution in [0.2, 0.25) is 0 Å². The molecule has 15 heavy (non-hydrogen) atoms. The molecule has 0 amide bonds. The first kappa shape index (κ1) is 10.8. The van der Waals surface area contributed by atoms with Crippen LogP contribution >= 0.6 is 11.6 Å². The summed E-state index contributed by atoms with van der Waals surface area (Å²) in [6, 6.07) is 6.10. The maximum absolute atomic E-state index is 5.88. The topological polar surface area (TPSA) is 18.5 Å². The molecule has 1 aliphatic heterocycles. The van der Waals surface area contributed by atoms with Gasteiger partial charge in [0.1, 0.15) is 11.9 Å². The van der Waals surface area contributed by atoms with E-state index in [1.807, 2.05) is 12.1 Å². The van der Waals surface area contributed by atoms with E-state index >= 15 is 0 Å².